The smallest absolute Gasteiger partial charge is 0.0697 e. The van der Waals surface area contributed by atoms with E-state index in [-0.39, 0.29) is 0 Å². The number of hydrogen-bond acceptors (Lipinski definition) is 2. The average molecular weight is 170 g/mol. The first-order chi connectivity index (χ1) is 5.72. The molecule has 2 rings (SSSR count). The third-order valence-corrected chi connectivity index (χ3v) is 3.13. The normalized spacial score (nSPS) is 46.5. The largest absolute Gasteiger partial charge is 0.390 e. The van der Waals surface area contributed by atoms with Gasteiger partial charge in [0.15, 0.2) is 0 Å². The molecule has 1 N–H and O–H groups in total. The monoisotopic (exact) mass is 170 g/mol. The van der Waals surface area contributed by atoms with Crippen LogP contribution in [0, 0.1) is 0 Å². The second-order valence-corrected chi connectivity index (χ2v) is 4.34. The van der Waals surface area contributed by atoms with E-state index in [2.05, 4.69) is 6.92 Å². The van der Waals surface area contributed by atoms with Gasteiger partial charge in [-0.25, -0.2) is 0 Å². The Kier molecular flexibility index (Phi) is 2.13. The van der Waals surface area contributed by atoms with E-state index in [0.717, 1.165) is 38.5 Å². The maximum atomic E-state index is 10.2. The van der Waals surface area contributed by atoms with E-state index in [1.165, 1.54) is 0 Å². The highest BCUT2D eigenvalue weighted by molar-refractivity contribution is 4.93. The zero-order chi connectivity index (χ0) is 8.60. The highest BCUT2D eigenvalue weighted by Gasteiger charge is 2.42. The molecule has 0 spiro atoms. The van der Waals surface area contributed by atoms with Crippen LogP contribution in [-0.4, -0.2) is 22.9 Å². The molecule has 70 valence electrons. The molecular formula is C10H18O2. The van der Waals surface area contributed by atoms with E-state index in [4.69, 9.17) is 4.74 Å². The Balaban J connectivity index is 2.00. The molecule has 0 amide bonds. The van der Waals surface area contributed by atoms with Crippen LogP contribution in [0.2, 0.25) is 0 Å². The van der Waals surface area contributed by atoms with Crippen LogP contribution in [0.25, 0.3) is 0 Å². The first-order valence-electron chi connectivity index (χ1n) is 5.10. The van der Waals surface area contributed by atoms with Crippen molar-refractivity contribution in [3.63, 3.8) is 0 Å². The zero-order valence-electron chi connectivity index (χ0n) is 7.75. The predicted octanol–water partition coefficient (Wildman–Crippen LogP) is 1.86. The number of fused-ring (bicyclic) bond motifs is 2. The molecule has 0 saturated carbocycles. The summed E-state index contributed by atoms with van der Waals surface area (Å²) in [5.74, 6) is 0. The van der Waals surface area contributed by atoms with Crippen molar-refractivity contribution in [2.75, 3.05) is 0 Å². The maximum absolute atomic E-state index is 10.2. The van der Waals surface area contributed by atoms with Gasteiger partial charge >= 0.3 is 0 Å². The van der Waals surface area contributed by atoms with Crippen LogP contribution in [0.5, 0.6) is 0 Å². The minimum absolute atomic E-state index is 0.361. The summed E-state index contributed by atoms with van der Waals surface area (Å²) >= 11 is 0. The van der Waals surface area contributed by atoms with Gasteiger partial charge in [0.1, 0.15) is 0 Å². The van der Waals surface area contributed by atoms with E-state index < -0.39 is 5.60 Å². The molecule has 2 atom stereocenters. The Bertz CT molecular complexity index is 155. The van der Waals surface area contributed by atoms with E-state index in [0.29, 0.717) is 12.2 Å². The molecule has 2 heterocycles. The van der Waals surface area contributed by atoms with Crippen molar-refractivity contribution < 1.29 is 9.84 Å². The minimum Gasteiger partial charge on any atom is -0.390 e. The fraction of sp³-hybridized carbons (Fsp3) is 1.00. The van der Waals surface area contributed by atoms with Crippen molar-refractivity contribution in [3.8, 4) is 0 Å². The molecule has 12 heavy (non-hydrogen) atoms. The molecule has 2 fully saturated rings. The van der Waals surface area contributed by atoms with Gasteiger partial charge in [-0.3, -0.25) is 0 Å². The summed E-state index contributed by atoms with van der Waals surface area (Å²) in [6.45, 7) is 2.13. The Labute approximate surface area is 73.9 Å². The van der Waals surface area contributed by atoms with Gasteiger partial charge in [0.2, 0.25) is 0 Å². The van der Waals surface area contributed by atoms with Gasteiger partial charge in [0.05, 0.1) is 17.8 Å². The summed E-state index contributed by atoms with van der Waals surface area (Å²) in [4.78, 5) is 0. The van der Waals surface area contributed by atoms with Crippen LogP contribution < -0.4 is 0 Å². The quantitative estimate of drug-likeness (QED) is 0.685. The van der Waals surface area contributed by atoms with E-state index in [1.54, 1.807) is 0 Å². The molecule has 2 aliphatic heterocycles. The lowest BCUT2D eigenvalue weighted by Crippen LogP contribution is -2.40. The van der Waals surface area contributed by atoms with Gasteiger partial charge in [-0.1, -0.05) is 13.3 Å². The maximum Gasteiger partial charge on any atom is 0.0697 e. The highest BCUT2D eigenvalue weighted by Crippen LogP contribution is 2.40. The predicted molar refractivity (Wildman–Crippen MR) is 47.0 cm³/mol. The molecule has 2 bridgehead atoms. The van der Waals surface area contributed by atoms with Crippen LogP contribution in [0.15, 0.2) is 0 Å². The highest BCUT2D eigenvalue weighted by atomic mass is 16.5. The second-order valence-electron chi connectivity index (χ2n) is 4.34. The summed E-state index contributed by atoms with van der Waals surface area (Å²) in [5, 5.41) is 10.2. The number of aliphatic hydroxyl groups is 1. The van der Waals surface area contributed by atoms with Crippen LogP contribution in [0.4, 0.5) is 0 Å². The molecular weight excluding hydrogens is 152 g/mol. The van der Waals surface area contributed by atoms with Crippen LogP contribution in [-0.2, 0) is 4.74 Å². The van der Waals surface area contributed by atoms with Gasteiger partial charge < -0.3 is 9.84 Å². The first kappa shape index (κ1) is 8.52. The van der Waals surface area contributed by atoms with Gasteiger partial charge in [0, 0.05) is 12.8 Å². The van der Waals surface area contributed by atoms with Crippen molar-refractivity contribution in [2.24, 2.45) is 0 Å². The van der Waals surface area contributed by atoms with Crippen LogP contribution in [0.3, 0.4) is 0 Å². The topological polar surface area (TPSA) is 29.5 Å². The number of hydrogen-bond donors (Lipinski definition) is 1. The molecule has 0 aromatic heterocycles. The lowest BCUT2D eigenvalue weighted by Gasteiger charge is -2.36. The van der Waals surface area contributed by atoms with E-state index in [9.17, 15) is 5.11 Å². The lowest BCUT2D eigenvalue weighted by atomic mass is 9.86. The second kappa shape index (κ2) is 3.00. The molecule has 0 aromatic carbocycles. The van der Waals surface area contributed by atoms with Crippen molar-refractivity contribution in [3.05, 3.63) is 0 Å². The van der Waals surface area contributed by atoms with Crippen molar-refractivity contribution >= 4 is 0 Å². The Hall–Kier alpha value is -0.0800. The van der Waals surface area contributed by atoms with E-state index in [1.807, 2.05) is 0 Å². The summed E-state index contributed by atoms with van der Waals surface area (Å²) in [5.41, 5.74) is -0.390. The minimum atomic E-state index is -0.390. The molecule has 2 heteroatoms. The Morgan fingerprint density at radius 1 is 1.33 bits per heavy atom. The molecule has 2 aliphatic rings. The Morgan fingerprint density at radius 2 is 1.92 bits per heavy atom. The summed E-state index contributed by atoms with van der Waals surface area (Å²) in [6.07, 6.45) is 6.82. The van der Waals surface area contributed by atoms with Crippen molar-refractivity contribution in [2.45, 2.75) is 63.3 Å². The summed E-state index contributed by atoms with van der Waals surface area (Å²) < 4.78 is 5.68. The van der Waals surface area contributed by atoms with Gasteiger partial charge in [-0.15, -0.1) is 0 Å². The fourth-order valence-electron chi connectivity index (χ4n) is 2.68. The number of rotatable bonds is 2. The third-order valence-electron chi connectivity index (χ3n) is 3.13. The fourth-order valence-corrected chi connectivity index (χ4v) is 2.68. The molecule has 2 unspecified atom stereocenters. The van der Waals surface area contributed by atoms with Gasteiger partial charge in [-0.05, 0) is 19.3 Å². The average Bonchev–Trinajstić information content (AvgIpc) is 2.31. The molecule has 0 radical (unpaired) electrons. The van der Waals surface area contributed by atoms with Crippen LogP contribution in [0.1, 0.15) is 45.4 Å². The van der Waals surface area contributed by atoms with Crippen LogP contribution >= 0.6 is 0 Å². The van der Waals surface area contributed by atoms with E-state index >= 15 is 0 Å². The van der Waals surface area contributed by atoms with Crippen molar-refractivity contribution in [1.29, 1.82) is 0 Å². The summed E-state index contributed by atoms with van der Waals surface area (Å²) in [6, 6.07) is 0. The lowest BCUT2D eigenvalue weighted by molar-refractivity contribution is -0.114. The standard InChI is InChI=1S/C10H18O2/c1-2-5-10(11)6-8-3-4-9(7-10)12-8/h8-9,11H,2-7H2,1H3. The molecule has 2 saturated heterocycles. The third kappa shape index (κ3) is 1.50. The zero-order valence-corrected chi connectivity index (χ0v) is 7.75. The summed E-state index contributed by atoms with van der Waals surface area (Å²) in [7, 11) is 0. The van der Waals surface area contributed by atoms with Crippen molar-refractivity contribution in [1.82, 2.24) is 0 Å². The Morgan fingerprint density at radius 3 is 2.42 bits per heavy atom. The molecule has 0 aliphatic carbocycles. The number of ether oxygens (including phenoxy) is 1. The van der Waals surface area contributed by atoms with Gasteiger partial charge in [0.25, 0.3) is 0 Å². The SMILES string of the molecule is CCCC1(O)CC2CCC(C1)O2. The first-order valence-corrected chi connectivity index (χ1v) is 5.10. The molecule has 2 nitrogen and oxygen atoms in total. The van der Waals surface area contributed by atoms with Gasteiger partial charge in [-0.2, -0.15) is 0 Å². The molecule has 0 aromatic rings.